The lowest BCUT2D eigenvalue weighted by atomic mass is 9.77. The van der Waals surface area contributed by atoms with Gasteiger partial charge in [0.2, 0.25) is 5.16 Å². The molecule has 0 saturated heterocycles. The van der Waals surface area contributed by atoms with E-state index in [1.807, 2.05) is 150 Å². The summed E-state index contributed by atoms with van der Waals surface area (Å²) in [5.41, 5.74) is 4.63. The Morgan fingerprint density at radius 2 is 0.640 bits per heavy atom. The summed E-state index contributed by atoms with van der Waals surface area (Å²) in [7, 11) is 0. The average Bonchev–Trinajstić information content (AvgIpc) is 3.59. The van der Waals surface area contributed by atoms with Gasteiger partial charge in [0.05, 0.1) is 4.75 Å². The van der Waals surface area contributed by atoms with Crippen molar-refractivity contribution in [2.45, 2.75) is 15.4 Å². The van der Waals surface area contributed by atoms with Gasteiger partial charge < -0.3 is 0 Å². The second kappa shape index (κ2) is 14.7. The van der Waals surface area contributed by atoms with Crippen molar-refractivity contribution in [3.8, 4) is 0 Å². The summed E-state index contributed by atoms with van der Waals surface area (Å²) in [4.78, 5) is 4.98. The summed E-state index contributed by atoms with van der Waals surface area (Å²) in [5, 5.41) is 9.52. The number of aromatic nitrogens is 3. The van der Waals surface area contributed by atoms with Crippen molar-refractivity contribution < 1.29 is 0 Å². The number of hydrogen-bond acceptors (Lipinski definition) is 3. The number of thioether (sulfide) groups is 1. The Morgan fingerprint density at radius 1 is 0.380 bits per heavy atom. The third-order valence-electron chi connectivity index (χ3n) is 8.60. The zero-order valence-electron chi connectivity index (χ0n) is 26.0. The third-order valence-corrected chi connectivity index (χ3v) is 11.5. The maximum absolute atomic E-state index is 6.42. The largest absolute Gasteiger partial charge is 0.232 e. The van der Waals surface area contributed by atoms with Gasteiger partial charge in [-0.25, -0.2) is 9.67 Å². The average molecular weight is 792 g/mol. The first-order valence-corrected chi connectivity index (χ1v) is 18.4. The summed E-state index contributed by atoms with van der Waals surface area (Å²) < 4.78 is 1.05. The number of benzene rings is 6. The molecule has 0 unspecified atom stereocenters. The van der Waals surface area contributed by atoms with Gasteiger partial charge in [0.1, 0.15) is 11.9 Å². The minimum atomic E-state index is -0.991. The Morgan fingerprint density at radius 3 is 0.920 bits per heavy atom. The first kappa shape index (κ1) is 35.0. The first-order chi connectivity index (χ1) is 24.2. The van der Waals surface area contributed by atoms with Crippen LogP contribution in [0.15, 0.2) is 157 Å². The van der Waals surface area contributed by atoms with E-state index in [9.17, 15) is 0 Å². The molecule has 0 fully saturated rings. The molecule has 0 spiro atoms. The third kappa shape index (κ3) is 6.67. The van der Waals surface area contributed by atoms with Crippen LogP contribution in [0.4, 0.5) is 0 Å². The van der Waals surface area contributed by atoms with Crippen molar-refractivity contribution in [1.29, 1.82) is 0 Å². The fraction of sp³-hybridized carbons (Fsp3) is 0.0500. The molecule has 7 aromatic rings. The minimum Gasteiger partial charge on any atom is -0.232 e. The molecule has 1 heterocycles. The van der Waals surface area contributed by atoms with Crippen molar-refractivity contribution in [2.75, 3.05) is 0 Å². The fourth-order valence-electron chi connectivity index (χ4n) is 6.29. The number of nitrogens with zero attached hydrogens (tertiary/aromatic N) is 3. The topological polar surface area (TPSA) is 30.7 Å². The second-order valence-corrected chi connectivity index (χ2v) is 15.3. The van der Waals surface area contributed by atoms with Gasteiger partial charge in [-0.1, -0.05) is 154 Å². The molecule has 0 aliphatic carbocycles. The normalized spacial score (nSPS) is 11.9. The molecule has 0 aliphatic rings. The lowest BCUT2D eigenvalue weighted by molar-refractivity contribution is 0.452. The number of halogens is 6. The molecule has 3 nitrogen and oxygen atoms in total. The van der Waals surface area contributed by atoms with Crippen LogP contribution in [0.25, 0.3) is 0 Å². The molecule has 248 valence electrons. The van der Waals surface area contributed by atoms with Gasteiger partial charge in [-0.05, 0) is 106 Å². The van der Waals surface area contributed by atoms with Crippen LogP contribution in [0.2, 0.25) is 30.1 Å². The van der Waals surface area contributed by atoms with E-state index in [-0.39, 0.29) is 0 Å². The predicted molar refractivity (Wildman–Crippen MR) is 210 cm³/mol. The molecule has 0 atom stereocenters. The van der Waals surface area contributed by atoms with E-state index >= 15 is 0 Å². The molecule has 0 saturated carbocycles. The summed E-state index contributed by atoms with van der Waals surface area (Å²) in [6.07, 6.45) is 1.76. The van der Waals surface area contributed by atoms with E-state index in [2.05, 4.69) is 0 Å². The van der Waals surface area contributed by atoms with Crippen molar-refractivity contribution in [1.82, 2.24) is 14.8 Å². The SMILES string of the molecule is Clc1ccc(C(Sc2ncn(C(c3ccc(Cl)cc3)(c3ccc(Cl)cc3)c3ccc(Cl)cc3)n2)(c2ccc(Cl)cc2)c2ccc(Cl)cc2)cc1. The van der Waals surface area contributed by atoms with E-state index in [1.54, 1.807) is 6.33 Å². The molecule has 10 heteroatoms. The highest BCUT2D eigenvalue weighted by atomic mass is 35.5. The zero-order chi connectivity index (χ0) is 34.9. The maximum atomic E-state index is 6.42. The van der Waals surface area contributed by atoms with Crippen LogP contribution in [-0.2, 0) is 10.3 Å². The summed E-state index contributed by atoms with van der Waals surface area (Å²) in [5.74, 6) is 0. The molecular formula is C40H25Cl6N3S. The van der Waals surface area contributed by atoms with E-state index < -0.39 is 10.3 Å². The highest BCUT2D eigenvalue weighted by molar-refractivity contribution is 8.00. The quantitative estimate of drug-likeness (QED) is 0.108. The van der Waals surface area contributed by atoms with E-state index in [4.69, 9.17) is 79.7 Å². The lowest BCUT2D eigenvalue weighted by Crippen LogP contribution is -2.38. The molecular weight excluding hydrogens is 767 g/mol. The fourth-order valence-corrected chi connectivity index (χ4v) is 8.31. The second-order valence-electron chi connectivity index (χ2n) is 11.5. The molecule has 1 aromatic heterocycles. The van der Waals surface area contributed by atoms with Crippen LogP contribution >= 0.6 is 81.4 Å². The highest BCUT2D eigenvalue weighted by Gasteiger charge is 2.43. The van der Waals surface area contributed by atoms with Crippen LogP contribution in [0.5, 0.6) is 0 Å². The van der Waals surface area contributed by atoms with E-state index in [1.165, 1.54) is 11.8 Å². The van der Waals surface area contributed by atoms with E-state index in [0.717, 1.165) is 33.4 Å². The van der Waals surface area contributed by atoms with Crippen molar-refractivity contribution in [3.63, 3.8) is 0 Å². The van der Waals surface area contributed by atoms with Crippen LogP contribution < -0.4 is 0 Å². The van der Waals surface area contributed by atoms with Gasteiger partial charge in [-0.15, -0.1) is 5.10 Å². The Kier molecular flexibility index (Phi) is 10.2. The molecule has 0 amide bonds. The first-order valence-electron chi connectivity index (χ1n) is 15.4. The Balaban J connectivity index is 1.48. The summed E-state index contributed by atoms with van der Waals surface area (Å²) in [6.45, 7) is 0. The Bertz CT molecular complexity index is 2000. The van der Waals surface area contributed by atoms with Gasteiger partial charge in [0, 0.05) is 30.1 Å². The van der Waals surface area contributed by atoms with Gasteiger partial charge >= 0.3 is 0 Å². The smallest absolute Gasteiger partial charge is 0.210 e. The van der Waals surface area contributed by atoms with Crippen LogP contribution in [0.3, 0.4) is 0 Å². The summed E-state index contributed by atoms with van der Waals surface area (Å²) in [6, 6.07) is 46.7. The monoisotopic (exact) mass is 789 g/mol. The van der Waals surface area contributed by atoms with Gasteiger partial charge in [-0.3, -0.25) is 0 Å². The maximum Gasteiger partial charge on any atom is 0.210 e. The van der Waals surface area contributed by atoms with Crippen LogP contribution in [-0.4, -0.2) is 14.8 Å². The molecule has 0 bridgehead atoms. The van der Waals surface area contributed by atoms with Gasteiger partial charge in [-0.2, -0.15) is 0 Å². The van der Waals surface area contributed by atoms with Gasteiger partial charge in [0.25, 0.3) is 0 Å². The molecule has 0 N–H and O–H groups in total. The zero-order valence-corrected chi connectivity index (χ0v) is 31.3. The van der Waals surface area contributed by atoms with Crippen LogP contribution in [0.1, 0.15) is 33.4 Å². The molecule has 50 heavy (non-hydrogen) atoms. The number of rotatable bonds is 9. The molecule has 0 radical (unpaired) electrons. The van der Waals surface area contributed by atoms with Crippen LogP contribution in [0, 0.1) is 0 Å². The Hall–Kier alpha value is -3.45. The van der Waals surface area contributed by atoms with Gasteiger partial charge in [0.15, 0.2) is 0 Å². The highest BCUT2D eigenvalue weighted by Crippen LogP contribution is 2.52. The summed E-state index contributed by atoms with van der Waals surface area (Å²) >= 11 is 40.0. The molecule has 7 rings (SSSR count). The van der Waals surface area contributed by atoms with Crippen molar-refractivity contribution >= 4 is 81.4 Å². The van der Waals surface area contributed by atoms with Crippen molar-refractivity contribution in [2.24, 2.45) is 0 Å². The lowest BCUT2D eigenvalue weighted by Gasteiger charge is -2.36. The number of hydrogen-bond donors (Lipinski definition) is 0. The standard InChI is InChI=1S/C40H25Cl6N3S/c41-32-13-1-26(2-14-32)39(27-3-15-33(42)16-4-27,28-5-17-34(43)18-6-28)49-25-47-38(48-49)50-40(29-7-19-35(44)20-8-29,30-9-21-36(45)22-10-30)31-11-23-37(46)24-12-31/h1-25H. The predicted octanol–water partition coefficient (Wildman–Crippen LogP) is 13.1. The minimum absolute atomic E-state index is 0.520. The molecule has 0 aliphatic heterocycles. The van der Waals surface area contributed by atoms with Crippen molar-refractivity contribution in [3.05, 3.63) is 215 Å². The molecule has 6 aromatic carbocycles. The van der Waals surface area contributed by atoms with E-state index in [0.29, 0.717) is 35.3 Å². The Labute approximate surface area is 324 Å².